The molecule has 4 rings (SSSR count). The average Bonchev–Trinajstić information content (AvgIpc) is 3.01. The van der Waals surface area contributed by atoms with Crippen molar-refractivity contribution in [2.45, 2.75) is 32.0 Å². The van der Waals surface area contributed by atoms with Gasteiger partial charge in [-0.2, -0.15) is 0 Å². The Labute approximate surface area is 153 Å². The van der Waals surface area contributed by atoms with Crippen molar-refractivity contribution in [2.24, 2.45) is 5.73 Å². The molecule has 2 atom stereocenters. The number of aryl methyl sites for hydroxylation is 1. The third-order valence-corrected chi connectivity index (χ3v) is 5.20. The Kier molecular flexibility index (Phi) is 4.49. The van der Waals surface area contributed by atoms with Crippen LogP contribution in [-0.4, -0.2) is 15.8 Å². The van der Waals surface area contributed by atoms with E-state index in [0.717, 1.165) is 17.7 Å². The van der Waals surface area contributed by atoms with E-state index in [-0.39, 0.29) is 0 Å². The Morgan fingerprint density at radius 3 is 2.35 bits per heavy atom. The van der Waals surface area contributed by atoms with Gasteiger partial charge in [0.2, 0.25) is 0 Å². The van der Waals surface area contributed by atoms with E-state index in [2.05, 4.69) is 47.9 Å². The van der Waals surface area contributed by atoms with Crippen molar-refractivity contribution in [1.29, 1.82) is 0 Å². The first-order valence-corrected chi connectivity index (χ1v) is 9.17. The molecule has 1 aromatic heterocycles. The number of nitrogens with zero attached hydrogens (tertiary/aromatic N) is 1. The normalized spacial score (nSPS) is 14.0. The van der Waals surface area contributed by atoms with Crippen molar-refractivity contribution in [1.82, 2.24) is 4.57 Å². The Balaban J connectivity index is 1.71. The maximum absolute atomic E-state index is 10.6. The number of benzene rings is 3. The quantitative estimate of drug-likeness (QED) is 0.563. The Hall–Kier alpha value is -2.62. The van der Waals surface area contributed by atoms with Crippen LogP contribution in [0.4, 0.5) is 0 Å². The van der Waals surface area contributed by atoms with Gasteiger partial charge in [-0.3, -0.25) is 0 Å². The van der Waals surface area contributed by atoms with Crippen LogP contribution < -0.4 is 5.73 Å². The van der Waals surface area contributed by atoms with E-state index < -0.39 is 12.1 Å². The number of aliphatic hydroxyl groups excluding tert-OH is 1. The summed E-state index contributed by atoms with van der Waals surface area (Å²) in [6.45, 7) is 3.08. The molecular weight excluding hydrogens is 320 g/mol. The zero-order chi connectivity index (χ0) is 18.1. The summed E-state index contributed by atoms with van der Waals surface area (Å²) in [6.07, 6.45) is -0.0640. The second-order valence-electron chi connectivity index (χ2n) is 6.82. The number of para-hydroxylation sites is 1. The molecule has 0 unspecified atom stereocenters. The average molecular weight is 344 g/mol. The lowest BCUT2D eigenvalue weighted by Crippen LogP contribution is -2.28. The first-order chi connectivity index (χ1) is 12.7. The predicted octanol–water partition coefficient (Wildman–Crippen LogP) is 4.42. The van der Waals surface area contributed by atoms with Gasteiger partial charge in [-0.05, 0) is 36.2 Å². The number of rotatable bonds is 5. The number of hydrogen-bond acceptors (Lipinski definition) is 2. The molecule has 0 aliphatic heterocycles. The third kappa shape index (κ3) is 2.90. The Morgan fingerprint density at radius 2 is 1.58 bits per heavy atom. The van der Waals surface area contributed by atoms with Crippen LogP contribution in [0.15, 0.2) is 72.8 Å². The lowest BCUT2D eigenvalue weighted by molar-refractivity contribution is 0.145. The minimum Gasteiger partial charge on any atom is -0.391 e. The maximum atomic E-state index is 10.6. The van der Waals surface area contributed by atoms with E-state index >= 15 is 0 Å². The SMILES string of the molecule is CCn1c2ccccc2c2cc([C@@H](N)[C@@H](O)Cc3ccccc3)ccc21. The van der Waals surface area contributed by atoms with E-state index in [0.29, 0.717) is 6.42 Å². The van der Waals surface area contributed by atoms with Crippen LogP contribution in [0.1, 0.15) is 24.1 Å². The highest BCUT2D eigenvalue weighted by Crippen LogP contribution is 2.31. The molecule has 0 fully saturated rings. The number of fused-ring (bicyclic) bond motifs is 3. The van der Waals surface area contributed by atoms with Crippen molar-refractivity contribution in [3.8, 4) is 0 Å². The van der Waals surface area contributed by atoms with Crippen LogP contribution in [0.2, 0.25) is 0 Å². The Morgan fingerprint density at radius 1 is 0.885 bits per heavy atom. The second-order valence-corrected chi connectivity index (χ2v) is 6.82. The highest BCUT2D eigenvalue weighted by molar-refractivity contribution is 6.08. The van der Waals surface area contributed by atoms with Gasteiger partial charge in [-0.25, -0.2) is 0 Å². The fourth-order valence-corrected chi connectivity index (χ4v) is 3.82. The standard InChI is InChI=1S/C23H24N2O/c1-2-25-20-11-7-6-10-18(20)19-15-17(12-13-21(19)25)23(24)22(26)14-16-8-4-3-5-9-16/h3-13,15,22-23,26H,2,14,24H2,1H3/t22-,23+/m0/s1. The minimum absolute atomic E-state index is 0.414. The van der Waals surface area contributed by atoms with Crippen molar-refractivity contribution in [3.63, 3.8) is 0 Å². The molecular formula is C23H24N2O. The fraction of sp³-hybridized carbons (Fsp3) is 0.217. The molecule has 3 nitrogen and oxygen atoms in total. The van der Waals surface area contributed by atoms with Gasteiger partial charge in [0.1, 0.15) is 0 Å². The molecule has 0 saturated carbocycles. The molecule has 0 bridgehead atoms. The summed E-state index contributed by atoms with van der Waals surface area (Å²) in [5.74, 6) is 0. The largest absolute Gasteiger partial charge is 0.391 e. The molecule has 26 heavy (non-hydrogen) atoms. The van der Waals surface area contributed by atoms with Crippen LogP contribution in [0.3, 0.4) is 0 Å². The minimum atomic E-state index is -0.616. The summed E-state index contributed by atoms with van der Waals surface area (Å²) in [5, 5.41) is 13.1. The van der Waals surface area contributed by atoms with Gasteiger partial charge < -0.3 is 15.4 Å². The number of hydrogen-bond donors (Lipinski definition) is 2. The van der Waals surface area contributed by atoms with Gasteiger partial charge >= 0.3 is 0 Å². The van der Waals surface area contributed by atoms with Gasteiger partial charge in [-0.1, -0.05) is 54.6 Å². The zero-order valence-electron chi connectivity index (χ0n) is 15.0. The molecule has 132 valence electrons. The van der Waals surface area contributed by atoms with E-state index in [9.17, 15) is 5.11 Å². The maximum Gasteiger partial charge on any atom is 0.0773 e. The summed E-state index contributed by atoms with van der Waals surface area (Å²) in [5.41, 5.74) is 10.9. The first kappa shape index (κ1) is 16.8. The summed E-state index contributed by atoms with van der Waals surface area (Å²) < 4.78 is 2.32. The molecule has 3 aromatic carbocycles. The van der Waals surface area contributed by atoms with Crippen LogP contribution in [0, 0.1) is 0 Å². The second kappa shape index (κ2) is 6.94. The number of aromatic nitrogens is 1. The fourth-order valence-electron chi connectivity index (χ4n) is 3.82. The monoisotopic (exact) mass is 344 g/mol. The highest BCUT2D eigenvalue weighted by atomic mass is 16.3. The summed E-state index contributed by atoms with van der Waals surface area (Å²) in [4.78, 5) is 0. The first-order valence-electron chi connectivity index (χ1n) is 9.17. The smallest absolute Gasteiger partial charge is 0.0773 e. The van der Waals surface area contributed by atoms with Crippen LogP contribution >= 0.6 is 0 Å². The van der Waals surface area contributed by atoms with Crippen LogP contribution in [0.25, 0.3) is 21.8 Å². The summed E-state index contributed by atoms with van der Waals surface area (Å²) in [6, 6.07) is 24.3. The molecule has 0 aliphatic carbocycles. The topological polar surface area (TPSA) is 51.2 Å². The van der Waals surface area contributed by atoms with Gasteiger partial charge in [0, 0.05) is 34.8 Å². The van der Waals surface area contributed by atoms with Crippen molar-refractivity contribution in [3.05, 3.63) is 83.9 Å². The van der Waals surface area contributed by atoms with E-state index in [1.165, 1.54) is 21.8 Å². The number of aliphatic hydroxyl groups is 1. The van der Waals surface area contributed by atoms with E-state index in [1.54, 1.807) is 0 Å². The number of nitrogens with two attached hydrogens (primary N) is 1. The molecule has 1 heterocycles. The molecule has 0 spiro atoms. The van der Waals surface area contributed by atoms with Crippen molar-refractivity contribution >= 4 is 21.8 Å². The van der Waals surface area contributed by atoms with E-state index in [1.807, 2.05) is 36.4 Å². The zero-order valence-corrected chi connectivity index (χ0v) is 15.0. The molecule has 0 saturated heterocycles. The predicted molar refractivity (Wildman–Crippen MR) is 108 cm³/mol. The van der Waals surface area contributed by atoms with Crippen LogP contribution in [-0.2, 0) is 13.0 Å². The third-order valence-electron chi connectivity index (χ3n) is 5.20. The van der Waals surface area contributed by atoms with Gasteiger partial charge in [-0.15, -0.1) is 0 Å². The highest BCUT2D eigenvalue weighted by Gasteiger charge is 2.19. The van der Waals surface area contributed by atoms with Crippen LogP contribution in [0.5, 0.6) is 0 Å². The van der Waals surface area contributed by atoms with Crippen molar-refractivity contribution < 1.29 is 5.11 Å². The molecule has 3 heteroatoms. The molecule has 0 amide bonds. The molecule has 0 aliphatic rings. The summed E-state index contributed by atoms with van der Waals surface area (Å²) >= 11 is 0. The van der Waals surface area contributed by atoms with Crippen molar-refractivity contribution in [2.75, 3.05) is 0 Å². The molecule has 4 aromatic rings. The lowest BCUT2D eigenvalue weighted by atomic mass is 9.95. The van der Waals surface area contributed by atoms with Gasteiger partial charge in [0.05, 0.1) is 12.1 Å². The van der Waals surface area contributed by atoms with Gasteiger partial charge in [0.15, 0.2) is 0 Å². The summed E-state index contributed by atoms with van der Waals surface area (Å²) in [7, 11) is 0. The Bertz CT molecular complexity index is 1040. The lowest BCUT2D eigenvalue weighted by Gasteiger charge is -2.19. The molecule has 0 radical (unpaired) electrons. The van der Waals surface area contributed by atoms with Gasteiger partial charge in [0.25, 0.3) is 0 Å². The van der Waals surface area contributed by atoms with E-state index in [4.69, 9.17) is 5.73 Å². The molecule has 3 N–H and O–H groups in total.